The molecule has 5 heteroatoms. The fourth-order valence-corrected chi connectivity index (χ4v) is 6.77. The third-order valence-electron chi connectivity index (χ3n) is 9.37. The van der Waals surface area contributed by atoms with Crippen LogP contribution in [0.1, 0.15) is 11.1 Å². The number of hydrogen-bond acceptors (Lipinski definition) is 4. The van der Waals surface area contributed by atoms with E-state index < -0.39 is 0 Å². The van der Waals surface area contributed by atoms with Gasteiger partial charge in [0.2, 0.25) is 0 Å². The van der Waals surface area contributed by atoms with Gasteiger partial charge in [-0.2, -0.15) is 0 Å². The predicted molar refractivity (Wildman–Crippen MR) is 221 cm³/mol. The van der Waals surface area contributed by atoms with E-state index in [1.807, 2.05) is 85.6 Å². The number of fused-ring (bicyclic) bond motifs is 1. The molecule has 5 aromatic carbocycles. The Bertz CT molecular complexity index is 2680. The van der Waals surface area contributed by atoms with Gasteiger partial charge in [-0.1, -0.05) is 96.1 Å². The zero-order chi connectivity index (χ0) is 36.7. The minimum Gasteiger partial charge on any atom is -0.305 e. The molecule has 0 unspecified atom stereocenters. The third kappa shape index (κ3) is 8.24. The normalized spacial score (nSPS) is 10.6. The number of aromatic nitrogens is 4. The van der Waals surface area contributed by atoms with Gasteiger partial charge in [0, 0.05) is 67.6 Å². The predicted octanol–water partition coefficient (Wildman–Crippen LogP) is 12.3. The number of hydrogen-bond donors (Lipinski definition) is 0. The van der Waals surface area contributed by atoms with Crippen molar-refractivity contribution in [2.24, 2.45) is 0 Å². The number of pyridine rings is 4. The standard InChI is InChI=1S/C38H26N3.C12H10N.Ir/c1-26-17-21-40-36(23-26)30-14-8-13-29(24-30)31-15-16-32(33-18-20-39-25-35(33)27-9-4-2-5-10-27)34-19-22-41-38(37(31)34)28-11-6-3-7-12-28;1-10-7-8-13-12(9-10)11-5-3-2-4-6-11;/h2-13,15-25H,1H3;2-5,7-9H,1H3;/q2*-1;. The summed E-state index contributed by atoms with van der Waals surface area (Å²) in [5.41, 5.74) is 15.1. The summed E-state index contributed by atoms with van der Waals surface area (Å²) in [6, 6.07) is 58.4. The van der Waals surface area contributed by atoms with E-state index in [0.29, 0.717) is 0 Å². The Labute approximate surface area is 336 Å². The molecule has 4 aromatic heterocycles. The summed E-state index contributed by atoms with van der Waals surface area (Å²) in [7, 11) is 0. The molecular formula is C50H36IrN4-2. The van der Waals surface area contributed by atoms with E-state index in [0.717, 1.165) is 77.9 Å². The van der Waals surface area contributed by atoms with E-state index in [-0.39, 0.29) is 20.1 Å². The van der Waals surface area contributed by atoms with Gasteiger partial charge in [0.15, 0.2) is 0 Å². The fraction of sp³-hybridized carbons (Fsp3) is 0.0400. The van der Waals surface area contributed by atoms with E-state index >= 15 is 0 Å². The molecule has 267 valence electrons. The first-order chi connectivity index (χ1) is 26.6. The van der Waals surface area contributed by atoms with Crippen LogP contribution in [-0.2, 0) is 20.1 Å². The minimum atomic E-state index is 0. The zero-order valence-corrected chi connectivity index (χ0v) is 32.8. The second-order valence-corrected chi connectivity index (χ2v) is 13.1. The van der Waals surface area contributed by atoms with Crippen molar-refractivity contribution in [1.82, 2.24) is 19.9 Å². The largest absolute Gasteiger partial charge is 0.305 e. The molecule has 0 fully saturated rings. The van der Waals surface area contributed by atoms with Gasteiger partial charge in [-0.25, -0.2) is 0 Å². The monoisotopic (exact) mass is 885 g/mol. The van der Waals surface area contributed by atoms with E-state index in [4.69, 9.17) is 4.98 Å². The van der Waals surface area contributed by atoms with E-state index in [2.05, 4.69) is 138 Å². The first-order valence-electron chi connectivity index (χ1n) is 17.9. The maximum absolute atomic E-state index is 4.94. The molecular weight excluding hydrogens is 849 g/mol. The van der Waals surface area contributed by atoms with Crippen molar-refractivity contribution < 1.29 is 20.1 Å². The molecule has 0 bridgehead atoms. The van der Waals surface area contributed by atoms with Gasteiger partial charge < -0.3 is 9.97 Å². The third-order valence-corrected chi connectivity index (χ3v) is 9.37. The maximum atomic E-state index is 4.94. The number of aryl methyl sites for hydroxylation is 2. The summed E-state index contributed by atoms with van der Waals surface area (Å²) < 4.78 is 0. The van der Waals surface area contributed by atoms with Crippen LogP contribution in [0.25, 0.3) is 77.9 Å². The molecule has 4 nitrogen and oxygen atoms in total. The van der Waals surface area contributed by atoms with Crippen LogP contribution >= 0.6 is 0 Å². The van der Waals surface area contributed by atoms with E-state index in [1.165, 1.54) is 11.1 Å². The van der Waals surface area contributed by atoms with Crippen molar-refractivity contribution >= 4 is 10.8 Å². The quantitative estimate of drug-likeness (QED) is 0.156. The summed E-state index contributed by atoms with van der Waals surface area (Å²) in [5, 5.41) is 2.25. The van der Waals surface area contributed by atoms with E-state index in [9.17, 15) is 0 Å². The molecule has 55 heavy (non-hydrogen) atoms. The Hall–Kier alpha value is -6.39. The Balaban J connectivity index is 0.000000281. The van der Waals surface area contributed by atoms with Gasteiger partial charge >= 0.3 is 0 Å². The SMILES string of the molecule is Cc1ccnc(-c2[c-]ccc(-c3ccc(-c4ccncc4-c4ccccc4)c4ccnc(-c5ccccc5)c34)c2)c1.Cc1ccnc(-c2[c-]cccc2)c1.[Ir]. The summed E-state index contributed by atoms with van der Waals surface area (Å²) in [6.07, 6.45) is 9.42. The molecule has 0 aliphatic rings. The van der Waals surface area contributed by atoms with Crippen molar-refractivity contribution in [3.05, 3.63) is 206 Å². The smallest absolute Gasteiger partial charge is 0.0786 e. The number of nitrogens with zero attached hydrogens (tertiary/aromatic N) is 4. The maximum Gasteiger partial charge on any atom is 0.0786 e. The van der Waals surface area contributed by atoms with Gasteiger partial charge in [0.1, 0.15) is 0 Å². The van der Waals surface area contributed by atoms with Crippen LogP contribution in [0, 0.1) is 26.0 Å². The fourth-order valence-electron chi connectivity index (χ4n) is 6.77. The molecule has 0 aliphatic carbocycles. The molecule has 0 saturated carbocycles. The Kier molecular flexibility index (Phi) is 11.5. The van der Waals surface area contributed by atoms with Crippen LogP contribution < -0.4 is 0 Å². The number of rotatable bonds is 6. The molecule has 1 radical (unpaired) electrons. The molecule has 0 saturated heterocycles. The van der Waals surface area contributed by atoms with Crippen molar-refractivity contribution in [2.75, 3.05) is 0 Å². The zero-order valence-electron chi connectivity index (χ0n) is 30.4. The van der Waals surface area contributed by atoms with Crippen LogP contribution in [0.2, 0.25) is 0 Å². The van der Waals surface area contributed by atoms with Gasteiger partial charge in [-0.15, -0.1) is 71.3 Å². The van der Waals surface area contributed by atoms with Gasteiger partial charge in [-0.05, 0) is 77.1 Å². The Morgan fingerprint density at radius 3 is 1.76 bits per heavy atom. The average molecular weight is 885 g/mol. The summed E-state index contributed by atoms with van der Waals surface area (Å²) in [6.45, 7) is 4.15. The Morgan fingerprint density at radius 2 is 1.07 bits per heavy atom. The summed E-state index contributed by atoms with van der Waals surface area (Å²) in [4.78, 5) is 18.3. The van der Waals surface area contributed by atoms with Crippen LogP contribution in [0.3, 0.4) is 0 Å². The van der Waals surface area contributed by atoms with Crippen LogP contribution in [-0.4, -0.2) is 19.9 Å². The number of benzene rings is 5. The second-order valence-electron chi connectivity index (χ2n) is 13.1. The average Bonchev–Trinajstić information content (AvgIpc) is 3.24. The van der Waals surface area contributed by atoms with Gasteiger partial charge in [-0.3, -0.25) is 9.97 Å². The van der Waals surface area contributed by atoms with Crippen molar-refractivity contribution in [3.63, 3.8) is 0 Å². The Morgan fingerprint density at radius 1 is 0.436 bits per heavy atom. The van der Waals surface area contributed by atoms with E-state index in [1.54, 1.807) is 0 Å². The molecule has 0 N–H and O–H groups in total. The molecule has 0 spiro atoms. The molecule has 9 aromatic rings. The molecule has 0 amide bonds. The molecule has 4 heterocycles. The summed E-state index contributed by atoms with van der Waals surface area (Å²) >= 11 is 0. The molecule has 0 aliphatic heterocycles. The van der Waals surface area contributed by atoms with Crippen LogP contribution in [0.15, 0.2) is 183 Å². The first-order valence-corrected chi connectivity index (χ1v) is 17.9. The van der Waals surface area contributed by atoms with Crippen LogP contribution in [0.4, 0.5) is 0 Å². The second kappa shape index (κ2) is 17.2. The minimum absolute atomic E-state index is 0. The summed E-state index contributed by atoms with van der Waals surface area (Å²) in [5.74, 6) is 0. The van der Waals surface area contributed by atoms with Gasteiger partial charge in [0.25, 0.3) is 0 Å². The van der Waals surface area contributed by atoms with Crippen LogP contribution in [0.5, 0.6) is 0 Å². The molecule has 9 rings (SSSR count). The first kappa shape index (κ1) is 36.9. The molecule has 0 atom stereocenters. The van der Waals surface area contributed by atoms with Gasteiger partial charge in [0.05, 0.1) is 5.69 Å². The van der Waals surface area contributed by atoms with Crippen molar-refractivity contribution in [1.29, 1.82) is 0 Å². The topological polar surface area (TPSA) is 51.6 Å². The van der Waals surface area contributed by atoms with Crippen molar-refractivity contribution in [3.8, 4) is 67.2 Å². The van der Waals surface area contributed by atoms with Crippen molar-refractivity contribution in [2.45, 2.75) is 13.8 Å².